The molecule has 3 rings (SSSR count). The maximum absolute atomic E-state index is 11.9. The Labute approximate surface area is 144 Å². The molecule has 0 unspecified atom stereocenters. The second kappa shape index (κ2) is 8.16. The smallest absolute Gasteiger partial charge is 0.319 e. The predicted molar refractivity (Wildman–Crippen MR) is 94.3 cm³/mol. The summed E-state index contributed by atoms with van der Waals surface area (Å²) in [5, 5.41) is 11.7. The number of amides is 2. The van der Waals surface area contributed by atoms with Gasteiger partial charge >= 0.3 is 6.03 Å². The van der Waals surface area contributed by atoms with Crippen LogP contribution < -0.4 is 15.4 Å². The van der Waals surface area contributed by atoms with Crippen molar-refractivity contribution in [1.82, 2.24) is 15.1 Å². The van der Waals surface area contributed by atoms with Gasteiger partial charge in [0.05, 0.1) is 13.1 Å². The molecule has 0 saturated carbocycles. The largest absolute Gasteiger partial charge is 0.492 e. The van der Waals surface area contributed by atoms with E-state index in [1.807, 2.05) is 48.0 Å². The summed E-state index contributed by atoms with van der Waals surface area (Å²) in [6.07, 6.45) is 3.62. The quantitative estimate of drug-likeness (QED) is 0.692. The van der Waals surface area contributed by atoms with Crippen molar-refractivity contribution in [2.75, 3.05) is 11.9 Å². The van der Waals surface area contributed by atoms with Crippen LogP contribution in [-0.4, -0.2) is 22.4 Å². The zero-order valence-electron chi connectivity index (χ0n) is 13.0. The van der Waals surface area contributed by atoms with Crippen molar-refractivity contribution >= 4 is 23.1 Å². The van der Waals surface area contributed by atoms with E-state index in [1.54, 1.807) is 28.3 Å². The van der Waals surface area contributed by atoms with Gasteiger partial charge in [0.1, 0.15) is 12.4 Å². The van der Waals surface area contributed by atoms with E-state index < -0.39 is 0 Å². The van der Waals surface area contributed by atoms with Crippen LogP contribution in [0.4, 0.5) is 10.5 Å². The van der Waals surface area contributed by atoms with Gasteiger partial charge < -0.3 is 15.4 Å². The van der Waals surface area contributed by atoms with Gasteiger partial charge in [0.15, 0.2) is 0 Å². The average Bonchev–Trinajstić information content (AvgIpc) is 3.27. The van der Waals surface area contributed by atoms with Crippen LogP contribution in [0, 0.1) is 0 Å². The molecule has 2 amide bonds. The van der Waals surface area contributed by atoms with E-state index in [2.05, 4.69) is 15.7 Å². The van der Waals surface area contributed by atoms with Gasteiger partial charge in [0.25, 0.3) is 0 Å². The molecule has 1 aromatic carbocycles. The number of nitrogens with one attached hydrogen (secondary N) is 2. The van der Waals surface area contributed by atoms with Crippen molar-refractivity contribution in [2.24, 2.45) is 0 Å². The fraction of sp³-hybridized carbons (Fsp3) is 0.176. The zero-order valence-corrected chi connectivity index (χ0v) is 13.8. The van der Waals surface area contributed by atoms with Crippen molar-refractivity contribution in [3.63, 3.8) is 0 Å². The molecule has 0 saturated heterocycles. The summed E-state index contributed by atoms with van der Waals surface area (Å²) < 4.78 is 7.50. The van der Waals surface area contributed by atoms with Crippen molar-refractivity contribution in [3.05, 3.63) is 65.1 Å². The molecule has 0 fully saturated rings. The summed E-state index contributed by atoms with van der Waals surface area (Å²) in [6, 6.07) is 12.9. The van der Waals surface area contributed by atoms with E-state index in [1.165, 1.54) is 0 Å². The minimum absolute atomic E-state index is 0.239. The van der Waals surface area contributed by atoms with Crippen LogP contribution in [0.1, 0.15) is 4.88 Å². The SMILES string of the molecule is O=C(NCc1cccs1)Nc1cccc(OCCn2cccn2)c1. The standard InChI is InChI=1S/C17H18N4O2S/c22-17(18-13-16-6-2-11-24-16)20-14-4-1-5-15(12-14)23-10-9-21-8-3-7-19-21/h1-8,11-12H,9-10,13H2,(H2,18,20,22). The number of hydrogen-bond acceptors (Lipinski definition) is 4. The van der Waals surface area contributed by atoms with E-state index >= 15 is 0 Å². The lowest BCUT2D eigenvalue weighted by atomic mass is 10.3. The van der Waals surface area contributed by atoms with Gasteiger partial charge in [0.2, 0.25) is 0 Å². The molecule has 0 aliphatic rings. The monoisotopic (exact) mass is 342 g/mol. The molecular formula is C17H18N4O2S. The van der Waals surface area contributed by atoms with Crippen LogP contribution in [0.3, 0.4) is 0 Å². The number of hydrogen-bond donors (Lipinski definition) is 2. The van der Waals surface area contributed by atoms with E-state index in [0.29, 0.717) is 31.1 Å². The van der Waals surface area contributed by atoms with Gasteiger partial charge in [-0.05, 0) is 29.6 Å². The fourth-order valence-electron chi connectivity index (χ4n) is 2.11. The highest BCUT2D eigenvalue weighted by Crippen LogP contribution is 2.17. The van der Waals surface area contributed by atoms with Crippen molar-refractivity contribution in [3.8, 4) is 5.75 Å². The Balaban J connectivity index is 1.46. The van der Waals surface area contributed by atoms with Gasteiger partial charge in [-0.15, -0.1) is 11.3 Å². The third-order valence-electron chi connectivity index (χ3n) is 3.24. The number of benzene rings is 1. The number of nitrogens with zero attached hydrogens (tertiary/aromatic N) is 2. The van der Waals surface area contributed by atoms with Crippen LogP contribution in [0.25, 0.3) is 0 Å². The lowest BCUT2D eigenvalue weighted by molar-refractivity contribution is 0.252. The first-order chi connectivity index (χ1) is 11.8. The number of carbonyl (C=O) groups is 1. The van der Waals surface area contributed by atoms with Crippen LogP contribution in [0.5, 0.6) is 5.75 Å². The maximum atomic E-state index is 11.9. The van der Waals surface area contributed by atoms with E-state index in [0.717, 1.165) is 4.88 Å². The first-order valence-corrected chi connectivity index (χ1v) is 8.45. The van der Waals surface area contributed by atoms with Crippen molar-refractivity contribution in [1.29, 1.82) is 0 Å². The first kappa shape index (κ1) is 16.1. The Morgan fingerprint density at radius 3 is 3.00 bits per heavy atom. The molecule has 3 aromatic rings. The van der Waals surface area contributed by atoms with Crippen LogP contribution in [0.15, 0.2) is 60.2 Å². The molecule has 2 N–H and O–H groups in total. The Kier molecular flexibility index (Phi) is 5.47. The molecule has 0 radical (unpaired) electrons. The number of ether oxygens (including phenoxy) is 1. The van der Waals surface area contributed by atoms with Crippen molar-refractivity contribution in [2.45, 2.75) is 13.1 Å². The summed E-state index contributed by atoms with van der Waals surface area (Å²) in [5.41, 5.74) is 0.690. The van der Waals surface area contributed by atoms with Crippen LogP contribution in [-0.2, 0) is 13.1 Å². The number of anilines is 1. The number of carbonyl (C=O) groups excluding carboxylic acids is 1. The lowest BCUT2D eigenvalue weighted by Crippen LogP contribution is -2.27. The lowest BCUT2D eigenvalue weighted by Gasteiger charge is -2.10. The average molecular weight is 342 g/mol. The second-order valence-corrected chi connectivity index (χ2v) is 6.06. The normalized spacial score (nSPS) is 10.3. The minimum Gasteiger partial charge on any atom is -0.492 e. The highest BCUT2D eigenvalue weighted by molar-refractivity contribution is 7.09. The first-order valence-electron chi connectivity index (χ1n) is 7.57. The van der Waals surface area contributed by atoms with Crippen LogP contribution in [0.2, 0.25) is 0 Å². The second-order valence-electron chi connectivity index (χ2n) is 5.03. The van der Waals surface area contributed by atoms with Crippen LogP contribution >= 0.6 is 11.3 Å². The Bertz CT molecular complexity index is 757. The maximum Gasteiger partial charge on any atom is 0.319 e. The Hall–Kier alpha value is -2.80. The molecule has 0 aliphatic heterocycles. The molecule has 2 heterocycles. The highest BCUT2D eigenvalue weighted by Gasteiger charge is 2.03. The minimum atomic E-state index is -0.239. The van der Waals surface area contributed by atoms with Gasteiger partial charge in [-0.25, -0.2) is 4.79 Å². The van der Waals surface area contributed by atoms with Crippen molar-refractivity contribution < 1.29 is 9.53 Å². The Morgan fingerprint density at radius 1 is 1.25 bits per heavy atom. The molecule has 7 heteroatoms. The zero-order chi connectivity index (χ0) is 16.6. The Morgan fingerprint density at radius 2 is 2.21 bits per heavy atom. The summed E-state index contributed by atoms with van der Waals surface area (Å²) in [5.74, 6) is 0.707. The fourth-order valence-corrected chi connectivity index (χ4v) is 2.75. The number of thiophene rings is 1. The third-order valence-corrected chi connectivity index (χ3v) is 4.12. The van der Waals surface area contributed by atoms with E-state index in [9.17, 15) is 4.79 Å². The van der Waals surface area contributed by atoms with E-state index in [-0.39, 0.29) is 6.03 Å². The molecule has 124 valence electrons. The molecule has 0 bridgehead atoms. The number of aromatic nitrogens is 2. The predicted octanol–water partition coefficient (Wildman–Crippen LogP) is 3.35. The summed E-state index contributed by atoms with van der Waals surface area (Å²) in [6.45, 7) is 1.70. The molecule has 24 heavy (non-hydrogen) atoms. The molecule has 2 aromatic heterocycles. The molecule has 6 nitrogen and oxygen atoms in total. The molecular weight excluding hydrogens is 324 g/mol. The highest BCUT2D eigenvalue weighted by atomic mass is 32.1. The van der Waals surface area contributed by atoms with Gasteiger partial charge in [-0.1, -0.05) is 12.1 Å². The summed E-state index contributed by atoms with van der Waals surface area (Å²) in [4.78, 5) is 13.0. The third kappa shape index (κ3) is 4.85. The summed E-state index contributed by atoms with van der Waals surface area (Å²) >= 11 is 1.61. The molecule has 0 atom stereocenters. The van der Waals surface area contributed by atoms with Gasteiger partial charge in [0, 0.05) is 29.0 Å². The number of rotatable bonds is 7. The van der Waals surface area contributed by atoms with E-state index in [4.69, 9.17) is 4.74 Å². The molecule has 0 spiro atoms. The van der Waals surface area contributed by atoms with Gasteiger partial charge in [-0.2, -0.15) is 5.10 Å². The topological polar surface area (TPSA) is 68.2 Å². The van der Waals surface area contributed by atoms with Gasteiger partial charge in [-0.3, -0.25) is 4.68 Å². The number of urea groups is 1. The summed E-state index contributed by atoms with van der Waals surface area (Å²) in [7, 11) is 0. The molecule has 0 aliphatic carbocycles.